The van der Waals surface area contributed by atoms with Gasteiger partial charge in [0.25, 0.3) is 0 Å². The summed E-state index contributed by atoms with van der Waals surface area (Å²) in [6, 6.07) is 9.19. The van der Waals surface area contributed by atoms with Crippen LogP contribution in [-0.4, -0.2) is 53.1 Å². The first-order valence-corrected chi connectivity index (χ1v) is 11.6. The van der Waals surface area contributed by atoms with Gasteiger partial charge in [-0.15, -0.1) is 0 Å². The average Bonchev–Trinajstić information content (AvgIpc) is 2.79. The van der Waals surface area contributed by atoms with Crippen LogP contribution in [0, 0.1) is 12.7 Å². The highest BCUT2D eigenvalue weighted by atomic mass is 79.9. The van der Waals surface area contributed by atoms with E-state index in [4.69, 9.17) is 0 Å². The molecule has 1 amide bonds. The number of carboxylic acid groups (broad SMARTS) is 1. The molecule has 0 aromatic heterocycles. The Labute approximate surface area is 200 Å². The van der Waals surface area contributed by atoms with Gasteiger partial charge in [-0.2, -0.15) is 0 Å². The zero-order chi connectivity index (χ0) is 23.9. The summed E-state index contributed by atoms with van der Waals surface area (Å²) in [6.45, 7) is 7.74. The Morgan fingerprint density at radius 2 is 1.88 bits per heavy atom. The quantitative estimate of drug-likeness (QED) is 0.547. The Hall–Kier alpha value is -3.09. The first kappa shape index (κ1) is 23.1. The van der Waals surface area contributed by atoms with Crippen LogP contribution in [0.5, 0.6) is 0 Å². The predicted octanol–water partition coefficient (Wildman–Crippen LogP) is 5.52. The highest BCUT2D eigenvalue weighted by molar-refractivity contribution is 9.10. The number of rotatable bonds is 3. The van der Waals surface area contributed by atoms with E-state index < -0.39 is 11.9 Å². The third kappa shape index (κ3) is 4.16. The zero-order valence-corrected chi connectivity index (χ0v) is 20.3. The normalized spacial score (nSPS) is 16.0. The molecule has 0 aliphatic carbocycles. The van der Waals surface area contributed by atoms with Gasteiger partial charge in [-0.25, -0.2) is 14.0 Å². The fraction of sp³-hybridized carbons (Fsp3) is 0.320. The molecule has 2 aliphatic rings. The van der Waals surface area contributed by atoms with Gasteiger partial charge in [0.2, 0.25) is 0 Å². The lowest BCUT2D eigenvalue weighted by atomic mass is 9.93. The van der Waals surface area contributed by atoms with Crippen LogP contribution in [-0.2, 0) is 4.79 Å². The van der Waals surface area contributed by atoms with E-state index >= 15 is 0 Å². The molecule has 0 spiro atoms. The number of nitrogens with zero attached hydrogens (tertiary/aromatic N) is 3. The van der Waals surface area contributed by atoms with Crippen molar-refractivity contribution in [3.8, 4) is 0 Å². The Morgan fingerprint density at radius 3 is 2.48 bits per heavy atom. The summed E-state index contributed by atoms with van der Waals surface area (Å²) < 4.78 is 15.0. The van der Waals surface area contributed by atoms with E-state index in [2.05, 4.69) is 35.7 Å². The third-order valence-corrected chi connectivity index (χ3v) is 6.79. The van der Waals surface area contributed by atoms with Crippen molar-refractivity contribution < 1.29 is 19.1 Å². The minimum absolute atomic E-state index is 0.203. The van der Waals surface area contributed by atoms with E-state index in [1.54, 1.807) is 12.1 Å². The Morgan fingerprint density at radius 1 is 1.18 bits per heavy atom. The number of carbonyl (C=O) groups excluding carboxylic acids is 1. The Kier molecular flexibility index (Phi) is 6.32. The van der Waals surface area contributed by atoms with Gasteiger partial charge in [-0.05, 0) is 58.1 Å². The maximum atomic E-state index is 14.7. The van der Waals surface area contributed by atoms with Crippen molar-refractivity contribution in [3.05, 3.63) is 69.1 Å². The van der Waals surface area contributed by atoms with Gasteiger partial charge in [0.05, 0.1) is 15.8 Å². The van der Waals surface area contributed by atoms with Gasteiger partial charge in [-0.3, -0.25) is 4.90 Å². The zero-order valence-electron chi connectivity index (χ0n) is 18.7. The molecule has 0 saturated carbocycles. The second kappa shape index (κ2) is 9.04. The fourth-order valence-corrected chi connectivity index (χ4v) is 4.83. The number of para-hydroxylation sites is 1. The van der Waals surface area contributed by atoms with Crippen LogP contribution in [0.25, 0.3) is 5.70 Å². The molecule has 0 atom stereocenters. The van der Waals surface area contributed by atoms with Crippen molar-refractivity contribution in [2.45, 2.75) is 26.7 Å². The van der Waals surface area contributed by atoms with Gasteiger partial charge >= 0.3 is 6.09 Å². The molecule has 2 aliphatic heterocycles. The van der Waals surface area contributed by atoms with Crippen LogP contribution in [0.2, 0.25) is 0 Å². The SMILES string of the molecule is Cc1cccc(C(C)C)c1N1C(=C=O)C=C(N2CCN(C(=O)O)CC2)c2cc(F)c(Br)cc21. The number of piperazine rings is 1. The maximum absolute atomic E-state index is 14.7. The van der Waals surface area contributed by atoms with Crippen molar-refractivity contribution in [2.24, 2.45) is 0 Å². The number of benzene rings is 2. The number of hydrogen-bond acceptors (Lipinski definition) is 4. The molecule has 2 aromatic rings. The second-order valence-electron chi connectivity index (χ2n) is 8.56. The van der Waals surface area contributed by atoms with Crippen LogP contribution in [0.3, 0.4) is 0 Å². The number of allylic oxidation sites excluding steroid dienone is 1. The fourth-order valence-electron chi connectivity index (χ4n) is 4.50. The molecule has 0 bridgehead atoms. The predicted molar refractivity (Wildman–Crippen MR) is 130 cm³/mol. The molecule has 8 heteroatoms. The number of hydrogen-bond donors (Lipinski definition) is 1. The minimum Gasteiger partial charge on any atom is -0.465 e. The van der Waals surface area contributed by atoms with Gasteiger partial charge in [-0.1, -0.05) is 32.0 Å². The van der Waals surface area contributed by atoms with Gasteiger partial charge in [0.15, 0.2) is 5.94 Å². The van der Waals surface area contributed by atoms with E-state index in [0.29, 0.717) is 53.3 Å². The molecule has 33 heavy (non-hydrogen) atoms. The van der Waals surface area contributed by atoms with E-state index in [1.165, 1.54) is 11.0 Å². The standard InChI is InChI=1S/C25H25BrFN3O3/c1-15(2)18-6-4-5-16(3)24(18)30-17(14-31)11-22(19-12-21(27)20(26)13-23(19)30)28-7-9-29(10-8-28)25(32)33/h4-6,11-13,15H,7-10H2,1-3H3,(H,32,33). The summed E-state index contributed by atoms with van der Waals surface area (Å²) in [5, 5.41) is 9.27. The molecule has 6 nitrogen and oxygen atoms in total. The Bertz CT molecular complexity index is 1200. The number of carbonyl (C=O) groups is 1. The summed E-state index contributed by atoms with van der Waals surface area (Å²) >= 11 is 3.31. The molecule has 4 rings (SSSR count). The lowest BCUT2D eigenvalue weighted by Gasteiger charge is -2.40. The van der Waals surface area contributed by atoms with Crippen LogP contribution in [0.1, 0.15) is 36.5 Å². The summed E-state index contributed by atoms with van der Waals surface area (Å²) in [5.74, 6) is 1.89. The smallest absolute Gasteiger partial charge is 0.407 e. The van der Waals surface area contributed by atoms with E-state index in [9.17, 15) is 19.1 Å². The molecule has 2 heterocycles. The first-order valence-electron chi connectivity index (χ1n) is 10.8. The monoisotopic (exact) mass is 513 g/mol. The maximum Gasteiger partial charge on any atom is 0.407 e. The van der Waals surface area contributed by atoms with E-state index in [-0.39, 0.29) is 5.92 Å². The summed E-state index contributed by atoms with van der Waals surface area (Å²) in [7, 11) is 0. The molecule has 1 saturated heterocycles. The Balaban J connectivity index is 1.89. The highest BCUT2D eigenvalue weighted by Gasteiger charge is 2.32. The van der Waals surface area contributed by atoms with Gasteiger partial charge in [0, 0.05) is 37.4 Å². The molecule has 1 fully saturated rings. The number of amides is 1. The molecular formula is C25H25BrFN3O3. The highest BCUT2D eigenvalue weighted by Crippen LogP contribution is 2.46. The van der Waals surface area contributed by atoms with Gasteiger partial charge < -0.3 is 14.9 Å². The number of aryl methyl sites for hydroxylation is 1. The molecule has 2 aromatic carbocycles. The van der Waals surface area contributed by atoms with Gasteiger partial charge in [0.1, 0.15) is 11.5 Å². The van der Waals surface area contributed by atoms with E-state index in [1.807, 2.05) is 34.9 Å². The summed E-state index contributed by atoms with van der Waals surface area (Å²) in [4.78, 5) is 28.8. The number of anilines is 2. The summed E-state index contributed by atoms with van der Waals surface area (Å²) in [6.07, 6.45) is 0.776. The third-order valence-electron chi connectivity index (χ3n) is 6.18. The molecule has 0 unspecified atom stereocenters. The van der Waals surface area contributed by atoms with Crippen LogP contribution in [0.4, 0.5) is 20.6 Å². The van der Waals surface area contributed by atoms with E-state index in [0.717, 1.165) is 16.8 Å². The first-order chi connectivity index (χ1) is 15.7. The van der Waals surface area contributed by atoms with Crippen molar-refractivity contribution >= 4 is 45.0 Å². The second-order valence-corrected chi connectivity index (χ2v) is 9.41. The van der Waals surface area contributed by atoms with Crippen LogP contribution >= 0.6 is 15.9 Å². The largest absolute Gasteiger partial charge is 0.465 e. The number of fused-ring (bicyclic) bond motifs is 1. The molecule has 0 radical (unpaired) electrons. The summed E-state index contributed by atoms with van der Waals surface area (Å²) in [5.41, 5.74) is 5.29. The average molecular weight is 514 g/mol. The van der Waals surface area contributed by atoms with Crippen molar-refractivity contribution in [2.75, 3.05) is 31.1 Å². The molecule has 1 N–H and O–H groups in total. The number of halogens is 2. The lowest BCUT2D eigenvalue weighted by molar-refractivity contribution is 0.122. The lowest BCUT2D eigenvalue weighted by Crippen LogP contribution is -2.47. The van der Waals surface area contributed by atoms with Crippen LogP contribution in [0.15, 0.2) is 46.6 Å². The van der Waals surface area contributed by atoms with Crippen molar-refractivity contribution in [3.63, 3.8) is 0 Å². The van der Waals surface area contributed by atoms with Crippen molar-refractivity contribution in [1.29, 1.82) is 0 Å². The van der Waals surface area contributed by atoms with Crippen LogP contribution < -0.4 is 4.90 Å². The minimum atomic E-state index is -0.955. The molecular weight excluding hydrogens is 489 g/mol. The topological polar surface area (TPSA) is 64.1 Å². The van der Waals surface area contributed by atoms with Crippen molar-refractivity contribution in [1.82, 2.24) is 9.80 Å². The molecule has 172 valence electrons.